The molecule has 2 aliphatic rings. The zero-order valence-electron chi connectivity index (χ0n) is 16.3. The molecule has 0 radical (unpaired) electrons. The molecule has 3 heterocycles. The van der Waals surface area contributed by atoms with Crippen LogP contribution in [0.5, 0.6) is 5.75 Å². The molecule has 0 spiro atoms. The van der Waals surface area contributed by atoms with Gasteiger partial charge in [0, 0.05) is 17.0 Å². The normalized spacial score (nSPS) is 20.9. The van der Waals surface area contributed by atoms with Crippen LogP contribution in [0.1, 0.15) is 38.7 Å². The quantitative estimate of drug-likeness (QED) is 0.507. The Kier molecular flexibility index (Phi) is 4.97. The average Bonchev–Trinajstić information content (AvgIpc) is 3.38. The van der Waals surface area contributed by atoms with Crippen LogP contribution in [0.3, 0.4) is 0 Å². The fourth-order valence-electron chi connectivity index (χ4n) is 3.42. The zero-order chi connectivity index (χ0) is 21.5. The Hall–Kier alpha value is -3.35. The van der Waals surface area contributed by atoms with E-state index < -0.39 is 23.6 Å². The summed E-state index contributed by atoms with van der Waals surface area (Å²) in [5.41, 5.74) is -0.246. The number of rotatable bonds is 4. The molecular weight excluding hydrogens is 406 g/mol. The number of hydrogen-bond donors (Lipinski definition) is 3. The largest absolute Gasteiger partial charge is 0.497 e. The smallest absolute Gasteiger partial charge is 0.323 e. The lowest BCUT2D eigenvalue weighted by Gasteiger charge is -2.26. The second kappa shape index (κ2) is 7.48. The first-order chi connectivity index (χ1) is 14.3. The second-order valence-electron chi connectivity index (χ2n) is 7.13. The SMILES string of the molecule is COc1ccc2c(c1)C(=O)N(CC1(C#Cc3ccc(C(C)O)s3)NC(=O)NC1=O)C2. The molecule has 2 aliphatic heterocycles. The lowest BCUT2D eigenvalue weighted by molar-refractivity contribution is -0.122. The van der Waals surface area contributed by atoms with Crippen molar-refractivity contribution in [1.82, 2.24) is 15.5 Å². The van der Waals surface area contributed by atoms with Crippen LogP contribution in [0.15, 0.2) is 30.3 Å². The monoisotopic (exact) mass is 425 g/mol. The van der Waals surface area contributed by atoms with E-state index in [0.717, 1.165) is 10.4 Å². The van der Waals surface area contributed by atoms with E-state index in [0.29, 0.717) is 22.7 Å². The van der Waals surface area contributed by atoms with Crippen molar-refractivity contribution in [2.24, 2.45) is 0 Å². The molecule has 3 N–H and O–H groups in total. The number of benzene rings is 1. The Balaban J connectivity index is 1.63. The third-order valence-electron chi connectivity index (χ3n) is 5.00. The molecule has 1 aromatic carbocycles. The molecule has 0 saturated carbocycles. The molecule has 4 rings (SSSR count). The second-order valence-corrected chi connectivity index (χ2v) is 8.24. The van der Waals surface area contributed by atoms with Gasteiger partial charge in [0.05, 0.1) is 24.6 Å². The van der Waals surface area contributed by atoms with Gasteiger partial charge in [0.1, 0.15) is 5.75 Å². The summed E-state index contributed by atoms with van der Waals surface area (Å²) >= 11 is 1.30. The molecule has 4 amide bonds. The highest BCUT2D eigenvalue weighted by atomic mass is 32.1. The van der Waals surface area contributed by atoms with Crippen molar-refractivity contribution in [2.45, 2.75) is 25.1 Å². The maximum Gasteiger partial charge on any atom is 0.323 e. The number of carbonyl (C=O) groups excluding carboxylic acids is 3. The number of methoxy groups -OCH3 is 1. The van der Waals surface area contributed by atoms with Gasteiger partial charge in [-0.3, -0.25) is 14.9 Å². The van der Waals surface area contributed by atoms with Crippen LogP contribution in [-0.2, 0) is 11.3 Å². The van der Waals surface area contributed by atoms with Gasteiger partial charge in [-0.2, -0.15) is 0 Å². The molecule has 1 aromatic heterocycles. The number of fused-ring (bicyclic) bond motifs is 1. The summed E-state index contributed by atoms with van der Waals surface area (Å²) < 4.78 is 5.18. The summed E-state index contributed by atoms with van der Waals surface area (Å²) in [5, 5.41) is 14.5. The van der Waals surface area contributed by atoms with Crippen molar-refractivity contribution < 1.29 is 24.2 Å². The number of nitrogens with zero attached hydrogens (tertiary/aromatic N) is 1. The van der Waals surface area contributed by atoms with Gasteiger partial charge in [-0.1, -0.05) is 17.9 Å². The standard InChI is InChI=1S/C21H19N3O5S/c1-12(25)17-6-5-15(30-17)7-8-21(19(27)22-20(28)23-21)11-24-10-13-3-4-14(29-2)9-16(13)18(24)26/h3-6,9,12,25H,10-11H2,1-2H3,(H2,22,23,27,28). The fourth-order valence-corrected chi connectivity index (χ4v) is 4.22. The van der Waals surface area contributed by atoms with Crippen LogP contribution in [0.25, 0.3) is 0 Å². The Labute approximate surface area is 176 Å². The molecule has 2 aromatic rings. The highest BCUT2D eigenvalue weighted by Gasteiger charge is 2.48. The minimum absolute atomic E-state index is 0.0952. The summed E-state index contributed by atoms with van der Waals surface area (Å²) in [5.74, 6) is 5.47. The number of amides is 4. The van der Waals surface area contributed by atoms with Crippen molar-refractivity contribution in [3.63, 3.8) is 0 Å². The van der Waals surface area contributed by atoms with Crippen molar-refractivity contribution in [3.8, 4) is 17.6 Å². The van der Waals surface area contributed by atoms with E-state index in [2.05, 4.69) is 22.5 Å². The fraction of sp³-hybridized carbons (Fsp3) is 0.286. The molecule has 2 atom stereocenters. The minimum Gasteiger partial charge on any atom is -0.497 e. The van der Waals surface area contributed by atoms with Crippen LogP contribution in [0, 0.1) is 11.8 Å². The molecule has 0 aliphatic carbocycles. The number of aliphatic hydroxyl groups is 1. The van der Waals surface area contributed by atoms with Gasteiger partial charge in [0.15, 0.2) is 0 Å². The lowest BCUT2D eigenvalue weighted by Crippen LogP contribution is -2.54. The van der Waals surface area contributed by atoms with Gasteiger partial charge in [0.2, 0.25) is 5.54 Å². The van der Waals surface area contributed by atoms with E-state index in [1.54, 1.807) is 37.3 Å². The molecule has 1 saturated heterocycles. The Bertz CT molecular complexity index is 1110. The Morgan fingerprint density at radius 3 is 2.73 bits per heavy atom. The van der Waals surface area contributed by atoms with Crippen molar-refractivity contribution in [1.29, 1.82) is 0 Å². The number of carbonyl (C=O) groups is 3. The molecule has 0 bridgehead atoms. The Morgan fingerprint density at radius 1 is 1.30 bits per heavy atom. The Morgan fingerprint density at radius 2 is 2.10 bits per heavy atom. The predicted molar refractivity (Wildman–Crippen MR) is 109 cm³/mol. The third-order valence-corrected chi connectivity index (χ3v) is 6.17. The number of nitrogens with one attached hydrogen (secondary N) is 2. The maximum atomic E-state index is 12.9. The molecule has 1 fully saturated rings. The number of urea groups is 1. The first-order valence-electron chi connectivity index (χ1n) is 9.22. The van der Waals surface area contributed by atoms with Crippen LogP contribution in [0.4, 0.5) is 4.79 Å². The molecular formula is C21H19N3O5S. The number of hydrogen-bond acceptors (Lipinski definition) is 6. The van der Waals surface area contributed by atoms with Crippen molar-refractivity contribution in [3.05, 3.63) is 51.2 Å². The van der Waals surface area contributed by atoms with E-state index in [1.165, 1.54) is 23.3 Å². The predicted octanol–water partition coefficient (Wildman–Crippen LogP) is 1.40. The number of aliphatic hydroxyl groups excluding tert-OH is 1. The van der Waals surface area contributed by atoms with Gasteiger partial charge in [-0.15, -0.1) is 11.3 Å². The summed E-state index contributed by atoms with van der Waals surface area (Å²) in [7, 11) is 1.52. The zero-order valence-corrected chi connectivity index (χ0v) is 17.1. The van der Waals surface area contributed by atoms with Crippen molar-refractivity contribution in [2.75, 3.05) is 13.7 Å². The number of thiophene rings is 1. The topological polar surface area (TPSA) is 108 Å². The first-order valence-corrected chi connectivity index (χ1v) is 10.0. The summed E-state index contributed by atoms with van der Waals surface area (Å²) in [6.07, 6.45) is -0.619. The highest BCUT2D eigenvalue weighted by Crippen LogP contribution is 2.29. The molecule has 30 heavy (non-hydrogen) atoms. The third kappa shape index (κ3) is 3.51. The van der Waals surface area contributed by atoms with E-state index in [1.807, 2.05) is 0 Å². The van der Waals surface area contributed by atoms with Gasteiger partial charge >= 0.3 is 6.03 Å². The van der Waals surface area contributed by atoms with Gasteiger partial charge in [-0.05, 0) is 36.8 Å². The maximum absolute atomic E-state index is 12.9. The molecule has 8 nitrogen and oxygen atoms in total. The van der Waals surface area contributed by atoms with E-state index >= 15 is 0 Å². The molecule has 9 heteroatoms. The lowest BCUT2D eigenvalue weighted by atomic mass is 9.99. The van der Waals surface area contributed by atoms with Crippen molar-refractivity contribution >= 4 is 29.2 Å². The van der Waals surface area contributed by atoms with E-state index in [9.17, 15) is 19.5 Å². The summed E-state index contributed by atoms with van der Waals surface area (Å²) in [4.78, 5) is 40.2. The average molecular weight is 425 g/mol. The minimum atomic E-state index is -1.56. The van der Waals surface area contributed by atoms with Gasteiger partial charge in [-0.25, -0.2) is 4.79 Å². The summed E-state index contributed by atoms with van der Waals surface area (Å²) in [6, 6.07) is 8.08. The van der Waals surface area contributed by atoms with E-state index in [4.69, 9.17) is 4.74 Å². The number of ether oxygens (including phenoxy) is 1. The molecule has 2 unspecified atom stereocenters. The van der Waals surface area contributed by atoms with Crippen LogP contribution < -0.4 is 15.4 Å². The van der Waals surface area contributed by atoms with Gasteiger partial charge < -0.3 is 20.1 Å². The number of imide groups is 1. The van der Waals surface area contributed by atoms with E-state index in [-0.39, 0.29) is 12.5 Å². The molecule has 154 valence electrons. The first kappa shape index (κ1) is 19.9. The van der Waals surface area contributed by atoms with Crippen LogP contribution in [-0.4, -0.2) is 47.0 Å². The summed E-state index contributed by atoms with van der Waals surface area (Å²) in [6.45, 7) is 1.86. The van der Waals surface area contributed by atoms with Gasteiger partial charge in [0.25, 0.3) is 11.8 Å². The highest BCUT2D eigenvalue weighted by molar-refractivity contribution is 7.12. The van der Waals surface area contributed by atoms with Crippen LogP contribution in [0.2, 0.25) is 0 Å². The van der Waals surface area contributed by atoms with Crippen LogP contribution >= 0.6 is 11.3 Å².